The number of aryl methyl sites for hydroxylation is 1. The summed E-state index contributed by atoms with van der Waals surface area (Å²) in [4.78, 5) is 58.8. The Kier molecular flexibility index (Phi) is 14.2. The highest BCUT2D eigenvalue weighted by atomic mass is 127. The summed E-state index contributed by atoms with van der Waals surface area (Å²) < 4.78 is 81.8. The molecule has 16 nitrogen and oxygen atoms in total. The van der Waals surface area contributed by atoms with Crippen molar-refractivity contribution in [1.82, 2.24) is 29.0 Å². The SMILES string of the molecule is CCN(C)S(=O)(=O)Nc1ccc(F)c(Oc2ccc3ncn(CCC4(F)CCN(C(=O)CN5CCC(c6ccc(NC7CCC(=O)NC7=O)cc6F)CC5)C(I)C4)c(=O)c3c2)c1C#N. The van der Waals surface area contributed by atoms with Crippen LogP contribution in [-0.2, 0) is 31.1 Å². The third kappa shape index (κ3) is 10.5. The van der Waals surface area contributed by atoms with E-state index in [0.29, 0.717) is 49.1 Å². The van der Waals surface area contributed by atoms with E-state index in [-0.39, 0.29) is 92.2 Å². The summed E-state index contributed by atoms with van der Waals surface area (Å²) in [6, 6.07) is 12.3. The van der Waals surface area contributed by atoms with E-state index in [0.717, 1.165) is 16.4 Å². The number of piperidine rings is 3. The van der Waals surface area contributed by atoms with Crippen molar-refractivity contribution in [2.75, 3.05) is 49.8 Å². The highest BCUT2D eigenvalue weighted by Crippen LogP contribution is 2.38. The minimum atomic E-state index is -4.05. The fourth-order valence-electron chi connectivity index (χ4n) is 8.19. The smallest absolute Gasteiger partial charge is 0.301 e. The number of benzene rings is 3. The molecule has 340 valence electrons. The van der Waals surface area contributed by atoms with E-state index in [1.807, 2.05) is 4.90 Å². The minimum absolute atomic E-state index is 0.0170. The molecular weight excluding hydrogens is 970 g/mol. The van der Waals surface area contributed by atoms with Crippen LogP contribution in [0, 0.1) is 23.0 Å². The van der Waals surface area contributed by atoms with Gasteiger partial charge in [0, 0.05) is 45.2 Å². The summed E-state index contributed by atoms with van der Waals surface area (Å²) in [6.07, 6.45) is 3.24. The molecule has 0 bridgehead atoms. The molecule has 3 aliphatic rings. The van der Waals surface area contributed by atoms with Crippen molar-refractivity contribution in [3.05, 3.63) is 88.0 Å². The number of carbonyl (C=O) groups excluding carboxylic acids is 3. The fraction of sp³-hybridized carbons (Fsp3) is 0.442. The average molecular weight is 1020 g/mol. The Morgan fingerprint density at radius 2 is 1.84 bits per heavy atom. The lowest BCUT2D eigenvalue weighted by molar-refractivity contribution is -0.136. The van der Waals surface area contributed by atoms with Crippen LogP contribution in [0.15, 0.2) is 59.7 Å². The van der Waals surface area contributed by atoms with E-state index in [2.05, 4.69) is 42.9 Å². The highest BCUT2D eigenvalue weighted by Gasteiger charge is 2.41. The minimum Gasteiger partial charge on any atom is -0.453 e. The van der Waals surface area contributed by atoms with Crippen molar-refractivity contribution in [3.8, 4) is 17.6 Å². The van der Waals surface area contributed by atoms with Crippen molar-refractivity contribution >= 4 is 72.8 Å². The summed E-state index contributed by atoms with van der Waals surface area (Å²) in [6.45, 7) is 3.23. The van der Waals surface area contributed by atoms with Gasteiger partial charge in [-0.05, 0) is 99.1 Å². The lowest BCUT2D eigenvalue weighted by Crippen LogP contribution is -2.52. The van der Waals surface area contributed by atoms with Crippen LogP contribution in [0.3, 0.4) is 0 Å². The molecule has 3 atom stereocenters. The molecule has 3 aromatic carbocycles. The van der Waals surface area contributed by atoms with Gasteiger partial charge in [-0.25, -0.2) is 18.2 Å². The maximum atomic E-state index is 16.4. The first-order valence-electron chi connectivity index (χ1n) is 20.9. The Morgan fingerprint density at radius 1 is 1.08 bits per heavy atom. The summed E-state index contributed by atoms with van der Waals surface area (Å²) in [7, 11) is -2.72. The molecule has 3 amide bonds. The molecular formula is C43H47F3IN9O7S. The van der Waals surface area contributed by atoms with Crippen molar-refractivity contribution in [2.45, 2.75) is 80.1 Å². The zero-order valence-corrected chi connectivity index (χ0v) is 38.1. The van der Waals surface area contributed by atoms with Crippen LogP contribution < -0.4 is 25.7 Å². The van der Waals surface area contributed by atoms with Crippen molar-refractivity contribution in [1.29, 1.82) is 5.26 Å². The molecule has 4 heterocycles. The number of rotatable bonds is 14. The zero-order valence-electron chi connectivity index (χ0n) is 35.1. The molecule has 7 rings (SSSR count). The number of nitrogens with one attached hydrogen (secondary N) is 3. The van der Waals surface area contributed by atoms with Crippen LogP contribution >= 0.6 is 22.6 Å². The molecule has 64 heavy (non-hydrogen) atoms. The summed E-state index contributed by atoms with van der Waals surface area (Å²) in [5, 5.41) is 15.2. The molecule has 0 aliphatic carbocycles. The van der Waals surface area contributed by atoms with Crippen LogP contribution in [0.1, 0.15) is 68.9 Å². The maximum Gasteiger partial charge on any atom is 0.301 e. The molecule has 0 saturated carbocycles. The van der Waals surface area contributed by atoms with Gasteiger partial charge in [-0.2, -0.15) is 18.0 Å². The number of hydrogen-bond acceptors (Lipinski definition) is 11. The number of nitrogens with zero attached hydrogens (tertiary/aromatic N) is 6. The van der Waals surface area contributed by atoms with Crippen LogP contribution in [0.25, 0.3) is 10.9 Å². The zero-order chi connectivity index (χ0) is 45.9. The lowest BCUT2D eigenvalue weighted by atomic mass is 9.88. The normalized spacial score (nSPS) is 21.1. The number of carbonyl (C=O) groups is 3. The molecule has 3 aliphatic heterocycles. The van der Waals surface area contributed by atoms with Crippen LogP contribution in [0.2, 0.25) is 0 Å². The maximum absolute atomic E-state index is 16.4. The Hall–Kier alpha value is -5.31. The van der Waals surface area contributed by atoms with Gasteiger partial charge in [0.25, 0.3) is 5.56 Å². The van der Waals surface area contributed by atoms with Crippen molar-refractivity contribution in [3.63, 3.8) is 0 Å². The standard InChI is InChI=1S/C43H47F3IN9O7S/c1-3-53(2)64(61,62)52-35-9-7-32(44)40(31(35)23-48)63-28-5-8-34-30(21-28)42(60)55(25-49-34)18-14-43(46)15-19-56(37(47)22-43)39(58)24-54-16-12-26(13-17-54)29-6-4-27(20-33(29)45)50-36-10-11-38(57)51-41(36)59/h4-9,20-21,25-26,36-37,50,52H,3,10-19,22,24H2,1-2H3,(H,51,57,59). The van der Waals surface area contributed by atoms with E-state index >= 15 is 13.2 Å². The third-order valence-corrected chi connectivity index (χ3v) is 14.8. The topological polar surface area (TPSA) is 199 Å². The van der Waals surface area contributed by atoms with Gasteiger partial charge >= 0.3 is 10.2 Å². The van der Waals surface area contributed by atoms with E-state index in [9.17, 15) is 32.9 Å². The van der Waals surface area contributed by atoms with Gasteiger partial charge < -0.3 is 15.0 Å². The van der Waals surface area contributed by atoms with E-state index < -0.39 is 54.6 Å². The number of anilines is 2. The molecule has 3 saturated heterocycles. The molecule has 3 unspecified atom stereocenters. The third-order valence-electron chi connectivity index (χ3n) is 12.1. The number of amides is 3. The van der Waals surface area contributed by atoms with Crippen molar-refractivity contribution < 1.29 is 40.7 Å². The largest absolute Gasteiger partial charge is 0.453 e. The first-order valence-corrected chi connectivity index (χ1v) is 23.5. The predicted molar refractivity (Wildman–Crippen MR) is 240 cm³/mol. The van der Waals surface area contributed by atoms with Gasteiger partial charge in [0.2, 0.25) is 17.7 Å². The lowest BCUT2D eigenvalue weighted by Gasteiger charge is -2.41. The second kappa shape index (κ2) is 19.4. The number of fused-ring (bicyclic) bond motifs is 1. The Balaban J connectivity index is 0.921. The highest BCUT2D eigenvalue weighted by molar-refractivity contribution is 14.1. The Morgan fingerprint density at radius 3 is 2.53 bits per heavy atom. The number of hydrogen-bond donors (Lipinski definition) is 3. The second-order valence-corrected chi connectivity index (χ2v) is 19.5. The number of likely N-dealkylation sites (tertiary alicyclic amines) is 2. The Labute approximate surface area is 381 Å². The fourth-order valence-corrected chi connectivity index (χ4v) is 10.5. The first kappa shape index (κ1) is 46.7. The molecule has 1 aromatic heterocycles. The van der Waals surface area contributed by atoms with Gasteiger partial charge in [-0.1, -0.05) is 35.6 Å². The van der Waals surface area contributed by atoms with E-state index in [1.54, 1.807) is 30.0 Å². The molecule has 0 radical (unpaired) electrons. The van der Waals surface area contributed by atoms with Crippen LogP contribution in [-0.4, -0.2) is 105 Å². The molecule has 3 fully saturated rings. The quantitative estimate of drug-likeness (QED) is 0.0622. The number of alkyl halides is 2. The molecule has 4 aromatic rings. The van der Waals surface area contributed by atoms with Gasteiger partial charge in [-0.15, -0.1) is 0 Å². The molecule has 3 N–H and O–H groups in total. The van der Waals surface area contributed by atoms with E-state index in [4.69, 9.17) is 4.74 Å². The summed E-state index contributed by atoms with van der Waals surface area (Å²) in [5.74, 6) is -2.83. The Bertz CT molecular complexity index is 2680. The van der Waals surface area contributed by atoms with Gasteiger partial charge in [-0.3, -0.25) is 38.7 Å². The average Bonchev–Trinajstić information content (AvgIpc) is 3.25. The first-order chi connectivity index (χ1) is 30.5. The summed E-state index contributed by atoms with van der Waals surface area (Å²) >= 11 is 2.08. The summed E-state index contributed by atoms with van der Waals surface area (Å²) in [5.41, 5.74) is -1.48. The predicted octanol–water partition coefficient (Wildman–Crippen LogP) is 5.53. The number of aromatic nitrogens is 2. The number of ether oxygens (including phenoxy) is 1. The molecule has 21 heteroatoms. The second-order valence-electron chi connectivity index (χ2n) is 16.3. The van der Waals surface area contributed by atoms with Gasteiger partial charge in [0.15, 0.2) is 11.6 Å². The van der Waals surface area contributed by atoms with E-state index in [1.165, 1.54) is 42.2 Å². The monoisotopic (exact) mass is 1020 g/mol. The van der Waals surface area contributed by atoms with Crippen molar-refractivity contribution in [2.24, 2.45) is 0 Å². The van der Waals surface area contributed by atoms with Crippen LogP contribution in [0.4, 0.5) is 24.5 Å². The van der Waals surface area contributed by atoms with Gasteiger partial charge in [0.1, 0.15) is 34.9 Å². The molecule has 0 spiro atoms. The van der Waals surface area contributed by atoms with Gasteiger partial charge in [0.05, 0.1) is 33.5 Å². The van der Waals surface area contributed by atoms with Crippen LogP contribution in [0.5, 0.6) is 11.5 Å². The number of nitriles is 1. The number of halogens is 4. The number of imide groups is 1.